The molecule has 31 heavy (non-hydrogen) atoms. The zero-order valence-electron chi connectivity index (χ0n) is 17.6. The quantitative estimate of drug-likeness (QED) is 0.501. The van der Waals surface area contributed by atoms with Gasteiger partial charge in [0.05, 0.1) is 12.1 Å². The number of carbonyl (C=O) groups is 2. The van der Waals surface area contributed by atoms with Gasteiger partial charge in [-0.15, -0.1) is 0 Å². The second-order valence-corrected chi connectivity index (χ2v) is 9.05. The standard InChI is InChI=1S/C26H24BrNO3/c1-17-8-10-21(18(2)14-17)24(29)16-26(31)22-15-20(27)9-11-23(22)28(25(26)30)13-12-19-6-4-3-5-7-19/h3-11,14-15,31H,12-13,16H2,1-2H3. The summed E-state index contributed by atoms with van der Waals surface area (Å²) in [5, 5.41) is 11.5. The highest BCUT2D eigenvalue weighted by Crippen LogP contribution is 2.44. The van der Waals surface area contributed by atoms with Crippen molar-refractivity contribution in [2.24, 2.45) is 0 Å². The lowest BCUT2D eigenvalue weighted by Crippen LogP contribution is -2.42. The fourth-order valence-electron chi connectivity index (χ4n) is 4.26. The molecule has 0 aromatic heterocycles. The summed E-state index contributed by atoms with van der Waals surface area (Å²) in [7, 11) is 0. The van der Waals surface area contributed by atoms with E-state index < -0.39 is 11.5 Å². The highest BCUT2D eigenvalue weighted by atomic mass is 79.9. The monoisotopic (exact) mass is 477 g/mol. The topological polar surface area (TPSA) is 57.6 Å². The third-order valence-corrected chi connectivity index (χ3v) is 6.35. The number of benzene rings is 3. The second kappa shape index (κ2) is 8.40. The van der Waals surface area contributed by atoms with Gasteiger partial charge in [-0.05, 0) is 49.6 Å². The van der Waals surface area contributed by atoms with E-state index in [-0.39, 0.29) is 12.2 Å². The molecular formula is C26H24BrNO3. The molecule has 1 amide bonds. The molecule has 1 heterocycles. The number of ketones is 1. The first-order chi connectivity index (χ1) is 14.8. The van der Waals surface area contributed by atoms with E-state index in [1.807, 2.05) is 68.4 Å². The smallest absolute Gasteiger partial charge is 0.264 e. The molecule has 4 nitrogen and oxygen atoms in total. The fraction of sp³-hybridized carbons (Fsp3) is 0.231. The Morgan fingerprint density at radius 3 is 2.48 bits per heavy atom. The summed E-state index contributed by atoms with van der Waals surface area (Å²) in [5.41, 5.74) is 2.78. The van der Waals surface area contributed by atoms with Crippen LogP contribution < -0.4 is 4.90 Å². The summed E-state index contributed by atoms with van der Waals surface area (Å²) >= 11 is 3.44. The van der Waals surface area contributed by atoms with Crippen LogP contribution in [0.1, 0.15) is 39.0 Å². The lowest BCUT2D eigenvalue weighted by molar-refractivity contribution is -0.135. The minimum Gasteiger partial charge on any atom is -0.375 e. The minimum atomic E-state index is -1.88. The van der Waals surface area contributed by atoms with Gasteiger partial charge in [0.15, 0.2) is 11.4 Å². The summed E-state index contributed by atoms with van der Waals surface area (Å²) < 4.78 is 0.751. The van der Waals surface area contributed by atoms with Crippen LogP contribution in [0.2, 0.25) is 0 Å². The van der Waals surface area contributed by atoms with Gasteiger partial charge >= 0.3 is 0 Å². The Kier molecular flexibility index (Phi) is 5.82. The van der Waals surface area contributed by atoms with Crippen LogP contribution in [0, 0.1) is 13.8 Å². The van der Waals surface area contributed by atoms with Gasteiger partial charge in [-0.3, -0.25) is 9.59 Å². The van der Waals surface area contributed by atoms with Gasteiger partial charge in [-0.2, -0.15) is 0 Å². The van der Waals surface area contributed by atoms with Crippen LogP contribution in [0.4, 0.5) is 5.69 Å². The molecule has 1 unspecified atom stereocenters. The third kappa shape index (κ3) is 4.08. The maximum absolute atomic E-state index is 13.4. The number of hydrogen-bond acceptors (Lipinski definition) is 3. The predicted octanol–water partition coefficient (Wildman–Crippen LogP) is 5.12. The van der Waals surface area contributed by atoms with E-state index in [0.29, 0.717) is 29.8 Å². The van der Waals surface area contributed by atoms with Gasteiger partial charge in [-0.25, -0.2) is 0 Å². The van der Waals surface area contributed by atoms with Crippen molar-refractivity contribution in [3.63, 3.8) is 0 Å². The number of amides is 1. The molecule has 3 aromatic rings. The Hall–Kier alpha value is -2.76. The van der Waals surface area contributed by atoms with Gasteiger partial charge in [0.2, 0.25) is 0 Å². The number of hydrogen-bond donors (Lipinski definition) is 1. The number of nitrogens with zero attached hydrogens (tertiary/aromatic N) is 1. The third-order valence-electron chi connectivity index (χ3n) is 5.86. The van der Waals surface area contributed by atoms with Crippen molar-refractivity contribution >= 4 is 33.3 Å². The summed E-state index contributed by atoms with van der Waals surface area (Å²) in [5.74, 6) is -0.696. The summed E-state index contributed by atoms with van der Waals surface area (Å²) in [6, 6.07) is 20.9. The number of Topliss-reactive ketones (excluding diaryl/α,β-unsaturated/α-hetero) is 1. The highest BCUT2D eigenvalue weighted by molar-refractivity contribution is 9.10. The average Bonchev–Trinajstić information content (AvgIpc) is 2.93. The number of carbonyl (C=O) groups excluding carboxylic acids is 2. The molecule has 3 aromatic carbocycles. The van der Waals surface area contributed by atoms with Crippen LogP contribution in [0.5, 0.6) is 0 Å². The van der Waals surface area contributed by atoms with E-state index in [1.165, 1.54) is 0 Å². The Morgan fingerprint density at radius 2 is 1.77 bits per heavy atom. The molecule has 1 aliphatic heterocycles. The normalized spacial score (nSPS) is 17.7. The summed E-state index contributed by atoms with van der Waals surface area (Å²) in [6.45, 7) is 4.27. The van der Waals surface area contributed by atoms with Gasteiger partial charge in [0, 0.05) is 22.1 Å². The zero-order valence-corrected chi connectivity index (χ0v) is 19.1. The van der Waals surface area contributed by atoms with Crippen LogP contribution in [0.25, 0.3) is 0 Å². The molecule has 0 spiro atoms. The minimum absolute atomic E-state index is 0.246. The molecule has 4 rings (SSSR count). The number of aryl methyl sites for hydroxylation is 2. The molecule has 0 fully saturated rings. The summed E-state index contributed by atoms with van der Waals surface area (Å²) in [4.78, 5) is 28.2. The molecule has 0 saturated carbocycles. The van der Waals surface area contributed by atoms with E-state index in [2.05, 4.69) is 15.9 Å². The van der Waals surface area contributed by atoms with Crippen LogP contribution in [-0.4, -0.2) is 23.3 Å². The van der Waals surface area contributed by atoms with Crippen LogP contribution in [0.3, 0.4) is 0 Å². The van der Waals surface area contributed by atoms with Crippen molar-refractivity contribution in [2.45, 2.75) is 32.3 Å². The first-order valence-electron chi connectivity index (χ1n) is 10.3. The molecule has 158 valence electrons. The molecular weight excluding hydrogens is 454 g/mol. The van der Waals surface area contributed by atoms with E-state index in [4.69, 9.17) is 0 Å². The van der Waals surface area contributed by atoms with Crippen molar-refractivity contribution in [1.82, 2.24) is 0 Å². The van der Waals surface area contributed by atoms with Crippen molar-refractivity contribution in [1.29, 1.82) is 0 Å². The van der Waals surface area contributed by atoms with E-state index in [1.54, 1.807) is 17.0 Å². The first kappa shape index (κ1) is 21.5. The Morgan fingerprint density at radius 1 is 1.03 bits per heavy atom. The molecule has 1 aliphatic rings. The predicted molar refractivity (Wildman–Crippen MR) is 125 cm³/mol. The highest BCUT2D eigenvalue weighted by Gasteiger charge is 2.51. The largest absolute Gasteiger partial charge is 0.375 e. The molecule has 0 saturated heterocycles. The van der Waals surface area contributed by atoms with Gasteiger partial charge in [-0.1, -0.05) is 70.0 Å². The van der Waals surface area contributed by atoms with Crippen molar-refractivity contribution < 1.29 is 14.7 Å². The van der Waals surface area contributed by atoms with E-state index >= 15 is 0 Å². The Bertz CT molecular complexity index is 1160. The molecule has 0 bridgehead atoms. The molecule has 0 radical (unpaired) electrons. The zero-order chi connectivity index (χ0) is 22.2. The van der Waals surface area contributed by atoms with Crippen molar-refractivity contribution in [3.05, 3.63) is 99.0 Å². The Balaban J connectivity index is 1.66. The van der Waals surface area contributed by atoms with Gasteiger partial charge < -0.3 is 10.0 Å². The number of anilines is 1. The molecule has 0 aliphatic carbocycles. The SMILES string of the molecule is Cc1ccc(C(=O)CC2(O)C(=O)N(CCc3ccccc3)c3ccc(Br)cc32)c(C)c1. The van der Waals surface area contributed by atoms with E-state index in [9.17, 15) is 14.7 Å². The first-order valence-corrected chi connectivity index (χ1v) is 11.1. The lowest BCUT2D eigenvalue weighted by atomic mass is 9.87. The molecule has 5 heteroatoms. The van der Waals surface area contributed by atoms with Crippen molar-refractivity contribution in [2.75, 3.05) is 11.4 Å². The lowest BCUT2D eigenvalue weighted by Gasteiger charge is -2.23. The summed E-state index contributed by atoms with van der Waals surface area (Å²) in [6.07, 6.45) is 0.365. The van der Waals surface area contributed by atoms with Crippen LogP contribution >= 0.6 is 15.9 Å². The number of halogens is 1. The fourth-order valence-corrected chi connectivity index (χ4v) is 4.62. The number of aliphatic hydroxyl groups is 1. The van der Waals surface area contributed by atoms with Crippen molar-refractivity contribution in [3.8, 4) is 0 Å². The van der Waals surface area contributed by atoms with Crippen LogP contribution in [0.15, 0.2) is 71.2 Å². The Labute approximate surface area is 190 Å². The maximum Gasteiger partial charge on any atom is 0.264 e. The van der Waals surface area contributed by atoms with Crippen LogP contribution in [-0.2, 0) is 16.8 Å². The van der Waals surface area contributed by atoms with E-state index in [0.717, 1.165) is 21.2 Å². The number of fused-ring (bicyclic) bond motifs is 1. The molecule has 1 N–H and O–H groups in total. The average molecular weight is 478 g/mol. The molecule has 1 atom stereocenters. The second-order valence-electron chi connectivity index (χ2n) is 8.13. The maximum atomic E-state index is 13.4. The van der Waals surface area contributed by atoms with Gasteiger partial charge in [0.25, 0.3) is 5.91 Å². The van der Waals surface area contributed by atoms with Gasteiger partial charge in [0.1, 0.15) is 0 Å². The number of rotatable bonds is 6.